The molecule has 2 N–H and O–H groups in total. The predicted molar refractivity (Wildman–Crippen MR) is 45.0 cm³/mol. The molecule has 2 nitrogen and oxygen atoms in total. The minimum Gasteiger partial charge on any atom is -0.328 e. The molecule has 0 aromatic carbocycles. The van der Waals surface area contributed by atoms with Gasteiger partial charge >= 0.3 is 0 Å². The van der Waals surface area contributed by atoms with Gasteiger partial charge in [0.25, 0.3) is 0 Å². The highest BCUT2D eigenvalue weighted by Crippen LogP contribution is 1.89. The van der Waals surface area contributed by atoms with E-state index in [1.807, 2.05) is 6.92 Å². The molecule has 61 valence electrons. The summed E-state index contributed by atoms with van der Waals surface area (Å²) < 4.78 is 0. The monoisotopic (exact) mass is 143 g/mol. The third-order valence-corrected chi connectivity index (χ3v) is 1.24. The van der Waals surface area contributed by atoms with Crippen molar-refractivity contribution in [2.45, 2.75) is 33.2 Å². The Kier molecular flexibility index (Phi) is 5.64. The molecule has 0 unspecified atom stereocenters. The maximum absolute atomic E-state index is 5.55. The Morgan fingerprint density at radius 1 is 1.30 bits per heavy atom. The van der Waals surface area contributed by atoms with Crippen LogP contribution < -0.4 is 11.1 Å². The summed E-state index contributed by atoms with van der Waals surface area (Å²) in [6.45, 7) is 8.28. The first-order valence-electron chi connectivity index (χ1n) is 4.01. The fourth-order valence-corrected chi connectivity index (χ4v) is 0.644. The Bertz CT molecular complexity index is 59.7. The van der Waals surface area contributed by atoms with Gasteiger partial charge < -0.3 is 5.73 Å². The van der Waals surface area contributed by atoms with Gasteiger partial charge in [-0.1, -0.05) is 13.8 Å². The molecule has 0 amide bonds. The Morgan fingerprint density at radius 3 is 2.30 bits per heavy atom. The van der Waals surface area contributed by atoms with Gasteiger partial charge in [-0.2, -0.15) is 0 Å². The summed E-state index contributed by atoms with van der Waals surface area (Å²) >= 11 is 0. The maximum Gasteiger partial charge on any atom is 0.0156 e. The van der Waals surface area contributed by atoms with E-state index in [4.69, 9.17) is 5.73 Å². The number of rotatable bonds is 5. The van der Waals surface area contributed by atoms with Crippen LogP contribution in [-0.4, -0.2) is 19.1 Å². The van der Waals surface area contributed by atoms with Crippen molar-refractivity contribution in [3.05, 3.63) is 0 Å². The molecular weight excluding hydrogens is 124 g/mol. The van der Waals surface area contributed by atoms with Gasteiger partial charge in [-0.05, 0) is 19.3 Å². The van der Waals surface area contributed by atoms with Crippen molar-refractivity contribution in [3.63, 3.8) is 0 Å². The largest absolute Gasteiger partial charge is 0.328 e. The lowest BCUT2D eigenvalue weighted by Gasteiger charge is -2.06. The average molecular weight is 143 g/mol. The summed E-state index contributed by atoms with van der Waals surface area (Å²) in [6, 6.07) is 0.302. The quantitative estimate of drug-likeness (QED) is 0.573. The molecule has 1 radical (unpaired) electrons. The van der Waals surface area contributed by atoms with Crippen molar-refractivity contribution >= 4 is 0 Å². The van der Waals surface area contributed by atoms with Crippen LogP contribution in [0.2, 0.25) is 0 Å². The van der Waals surface area contributed by atoms with Crippen LogP contribution in [0.5, 0.6) is 0 Å². The number of hydrogen-bond acceptors (Lipinski definition) is 1. The molecule has 0 aromatic heterocycles. The van der Waals surface area contributed by atoms with E-state index >= 15 is 0 Å². The first kappa shape index (κ1) is 9.92. The molecule has 0 saturated carbocycles. The highest BCUT2D eigenvalue weighted by Gasteiger charge is 1.95. The maximum atomic E-state index is 5.55. The lowest BCUT2D eigenvalue weighted by Crippen LogP contribution is -2.22. The standard InChI is InChI=1S/C8H19N2/c1-7(2)6-10-5-4-8(3)9/h7-8H,4-6,9H2,1-3H3/t8-/m1/s1. The highest BCUT2D eigenvalue weighted by molar-refractivity contribution is 4.56. The zero-order chi connectivity index (χ0) is 7.98. The van der Waals surface area contributed by atoms with E-state index in [1.54, 1.807) is 0 Å². The van der Waals surface area contributed by atoms with Gasteiger partial charge in [0.1, 0.15) is 0 Å². The summed E-state index contributed by atoms with van der Waals surface area (Å²) in [5.74, 6) is 0.688. The van der Waals surface area contributed by atoms with Crippen molar-refractivity contribution in [1.82, 2.24) is 5.32 Å². The SMILES string of the molecule is CC(C)C[N]CC[C@@H](C)N. The summed E-state index contributed by atoms with van der Waals surface area (Å²) in [4.78, 5) is 0. The Hall–Kier alpha value is -0.0800. The summed E-state index contributed by atoms with van der Waals surface area (Å²) in [7, 11) is 0. The minimum atomic E-state index is 0.302. The van der Waals surface area contributed by atoms with Crippen molar-refractivity contribution < 1.29 is 0 Å². The molecule has 2 heteroatoms. The average Bonchev–Trinajstić information content (AvgIpc) is 1.79. The Morgan fingerprint density at radius 2 is 1.90 bits per heavy atom. The summed E-state index contributed by atoms with van der Waals surface area (Å²) in [6.07, 6.45) is 1.02. The molecule has 0 bridgehead atoms. The first-order chi connectivity index (χ1) is 4.63. The van der Waals surface area contributed by atoms with Gasteiger partial charge in [-0.3, -0.25) is 0 Å². The molecule has 0 spiro atoms. The topological polar surface area (TPSA) is 40.1 Å². The Labute approximate surface area is 64.2 Å². The van der Waals surface area contributed by atoms with Crippen molar-refractivity contribution in [1.29, 1.82) is 0 Å². The lowest BCUT2D eigenvalue weighted by molar-refractivity contribution is 0.515. The van der Waals surface area contributed by atoms with Crippen LogP contribution in [-0.2, 0) is 0 Å². The number of nitrogens with zero attached hydrogens (tertiary/aromatic N) is 1. The molecule has 0 fully saturated rings. The molecule has 0 aromatic rings. The Balaban J connectivity index is 2.91. The van der Waals surface area contributed by atoms with Crippen molar-refractivity contribution in [2.24, 2.45) is 11.7 Å². The molecule has 0 saturated heterocycles. The summed E-state index contributed by atoms with van der Waals surface area (Å²) in [5, 5.41) is 4.33. The highest BCUT2D eigenvalue weighted by atomic mass is 14.9. The zero-order valence-electron chi connectivity index (χ0n) is 7.30. The fourth-order valence-electron chi connectivity index (χ4n) is 0.644. The van der Waals surface area contributed by atoms with E-state index in [0.29, 0.717) is 12.0 Å². The second-order valence-corrected chi connectivity index (χ2v) is 3.29. The molecule has 1 atom stereocenters. The van der Waals surface area contributed by atoms with Crippen LogP contribution in [0.25, 0.3) is 0 Å². The minimum absolute atomic E-state index is 0.302. The van der Waals surface area contributed by atoms with Crippen LogP contribution in [0.4, 0.5) is 0 Å². The predicted octanol–water partition coefficient (Wildman–Crippen LogP) is 0.984. The molecule has 0 aliphatic carbocycles. The fraction of sp³-hybridized carbons (Fsp3) is 1.00. The third-order valence-electron chi connectivity index (χ3n) is 1.24. The van der Waals surface area contributed by atoms with Crippen LogP contribution in [0.15, 0.2) is 0 Å². The van der Waals surface area contributed by atoms with Gasteiger partial charge in [0.05, 0.1) is 0 Å². The molecule has 0 aliphatic rings. The van der Waals surface area contributed by atoms with E-state index < -0.39 is 0 Å². The van der Waals surface area contributed by atoms with Gasteiger partial charge in [0.15, 0.2) is 0 Å². The van der Waals surface area contributed by atoms with Crippen LogP contribution in [0.1, 0.15) is 27.2 Å². The molecular formula is C8H19N2. The van der Waals surface area contributed by atoms with Gasteiger partial charge in [0, 0.05) is 19.1 Å². The van der Waals surface area contributed by atoms with Crippen molar-refractivity contribution in [3.8, 4) is 0 Å². The smallest absolute Gasteiger partial charge is 0.0156 e. The van der Waals surface area contributed by atoms with Gasteiger partial charge in [0.2, 0.25) is 0 Å². The number of nitrogens with two attached hydrogens (primary N) is 1. The molecule has 0 rings (SSSR count). The van der Waals surface area contributed by atoms with Crippen LogP contribution in [0, 0.1) is 5.92 Å². The number of hydrogen-bond donors (Lipinski definition) is 1. The van der Waals surface area contributed by atoms with Crippen molar-refractivity contribution in [2.75, 3.05) is 13.1 Å². The van der Waals surface area contributed by atoms with Crippen LogP contribution >= 0.6 is 0 Å². The van der Waals surface area contributed by atoms with E-state index in [9.17, 15) is 0 Å². The zero-order valence-corrected chi connectivity index (χ0v) is 7.30. The normalized spacial score (nSPS) is 14.1. The van der Waals surface area contributed by atoms with E-state index in [-0.39, 0.29) is 0 Å². The molecule has 10 heavy (non-hydrogen) atoms. The third kappa shape index (κ3) is 7.92. The van der Waals surface area contributed by atoms with E-state index in [1.165, 1.54) is 0 Å². The van der Waals surface area contributed by atoms with Gasteiger partial charge in [-0.25, -0.2) is 5.32 Å². The van der Waals surface area contributed by atoms with E-state index in [2.05, 4.69) is 19.2 Å². The first-order valence-corrected chi connectivity index (χ1v) is 4.01. The summed E-state index contributed by atoms with van der Waals surface area (Å²) in [5.41, 5.74) is 5.55. The second-order valence-electron chi connectivity index (χ2n) is 3.29. The van der Waals surface area contributed by atoms with Gasteiger partial charge in [-0.15, -0.1) is 0 Å². The second kappa shape index (κ2) is 5.69. The van der Waals surface area contributed by atoms with E-state index in [0.717, 1.165) is 19.5 Å². The lowest BCUT2D eigenvalue weighted by atomic mass is 10.2. The molecule has 0 heterocycles. The molecule has 0 aliphatic heterocycles. The van der Waals surface area contributed by atoms with Crippen LogP contribution in [0.3, 0.4) is 0 Å².